The van der Waals surface area contributed by atoms with Crippen LogP contribution in [0.5, 0.6) is 0 Å². The van der Waals surface area contributed by atoms with Crippen LogP contribution in [0.3, 0.4) is 0 Å². The molecule has 124 valence electrons. The fourth-order valence-electron chi connectivity index (χ4n) is 2.43. The van der Waals surface area contributed by atoms with Gasteiger partial charge in [0.25, 0.3) is 5.91 Å². The molecule has 0 saturated carbocycles. The number of hydrogen-bond acceptors (Lipinski definition) is 5. The van der Waals surface area contributed by atoms with Crippen LogP contribution in [0.4, 0.5) is 9.18 Å². The van der Waals surface area contributed by atoms with Gasteiger partial charge in [0, 0.05) is 7.11 Å². The van der Waals surface area contributed by atoms with Gasteiger partial charge in [-0.05, 0) is 24.6 Å². The third-order valence-corrected chi connectivity index (χ3v) is 3.58. The molecule has 0 spiro atoms. The van der Waals surface area contributed by atoms with Gasteiger partial charge in [-0.3, -0.25) is 9.69 Å². The largest absolute Gasteiger partial charge is 0.465 e. The van der Waals surface area contributed by atoms with Crippen LogP contribution >= 0.6 is 0 Å². The standard InChI is InChI=1S/C15H17FN2O5/c1-15(8-22-2)13(20)18(14(21)17-15)7-9-4-5-10(16)6-11(9)12(19)23-3/h4-6H,7-8H2,1-3H3,(H,17,21)/t15-/m0/s1. The summed E-state index contributed by atoms with van der Waals surface area (Å²) in [4.78, 5) is 37.2. The monoisotopic (exact) mass is 324 g/mol. The first-order valence-corrected chi connectivity index (χ1v) is 6.82. The first-order valence-electron chi connectivity index (χ1n) is 6.82. The molecule has 2 rings (SSSR count). The number of hydrogen-bond donors (Lipinski definition) is 1. The zero-order valence-electron chi connectivity index (χ0n) is 13.0. The van der Waals surface area contributed by atoms with Gasteiger partial charge in [0.15, 0.2) is 0 Å². The molecule has 0 unspecified atom stereocenters. The van der Waals surface area contributed by atoms with E-state index in [0.717, 1.165) is 17.0 Å². The van der Waals surface area contributed by atoms with Gasteiger partial charge in [-0.2, -0.15) is 0 Å². The van der Waals surface area contributed by atoms with E-state index < -0.39 is 29.3 Å². The third kappa shape index (κ3) is 3.16. The number of ether oxygens (including phenoxy) is 2. The molecule has 1 N–H and O–H groups in total. The summed E-state index contributed by atoms with van der Waals surface area (Å²) in [5, 5.41) is 2.55. The number of benzene rings is 1. The summed E-state index contributed by atoms with van der Waals surface area (Å²) in [7, 11) is 2.59. The van der Waals surface area contributed by atoms with Gasteiger partial charge in [-0.15, -0.1) is 0 Å². The number of carbonyl (C=O) groups is 3. The maximum absolute atomic E-state index is 13.4. The highest BCUT2D eigenvalue weighted by molar-refractivity contribution is 6.07. The quantitative estimate of drug-likeness (QED) is 0.647. The predicted octanol–water partition coefficient (Wildman–Crippen LogP) is 1.07. The molecule has 1 aliphatic rings. The maximum Gasteiger partial charge on any atom is 0.338 e. The smallest absolute Gasteiger partial charge is 0.338 e. The van der Waals surface area contributed by atoms with E-state index in [2.05, 4.69) is 10.1 Å². The number of carbonyl (C=O) groups excluding carboxylic acids is 3. The van der Waals surface area contributed by atoms with Gasteiger partial charge in [0.05, 0.1) is 25.8 Å². The summed E-state index contributed by atoms with van der Waals surface area (Å²) >= 11 is 0. The Hall–Kier alpha value is -2.48. The second-order valence-electron chi connectivity index (χ2n) is 5.38. The fraction of sp³-hybridized carbons (Fsp3) is 0.400. The van der Waals surface area contributed by atoms with Crippen LogP contribution in [0.25, 0.3) is 0 Å². The van der Waals surface area contributed by atoms with E-state index in [1.54, 1.807) is 6.92 Å². The molecule has 1 heterocycles. The molecule has 0 aliphatic carbocycles. The van der Waals surface area contributed by atoms with Gasteiger partial charge in [0.2, 0.25) is 0 Å². The molecule has 0 aromatic heterocycles. The van der Waals surface area contributed by atoms with Crippen molar-refractivity contribution >= 4 is 17.9 Å². The van der Waals surface area contributed by atoms with Crippen LogP contribution in [-0.2, 0) is 20.8 Å². The second-order valence-corrected chi connectivity index (χ2v) is 5.38. The van der Waals surface area contributed by atoms with E-state index in [-0.39, 0.29) is 18.7 Å². The Balaban J connectivity index is 2.31. The van der Waals surface area contributed by atoms with Gasteiger partial charge < -0.3 is 14.8 Å². The second kappa shape index (κ2) is 6.33. The molecule has 1 aliphatic heterocycles. The molecule has 1 saturated heterocycles. The average molecular weight is 324 g/mol. The molecule has 0 bridgehead atoms. The molecular formula is C15H17FN2O5. The highest BCUT2D eigenvalue weighted by atomic mass is 19.1. The number of rotatable bonds is 5. The summed E-state index contributed by atoms with van der Waals surface area (Å²) < 4.78 is 22.9. The number of nitrogens with one attached hydrogen (secondary N) is 1. The molecule has 1 aromatic rings. The van der Waals surface area contributed by atoms with Crippen molar-refractivity contribution in [1.29, 1.82) is 0 Å². The number of esters is 1. The van der Waals surface area contributed by atoms with Crippen molar-refractivity contribution in [1.82, 2.24) is 10.2 Å². The van der Waals surface area contributed by atoms with E-state index in [4.69, 9.17) is 4.74 Å². The molecule has 23 heavy (non-hydrogen) atoms. The van der Waals surface area contributed by atoms with Crippen molar-refractivity contribution in [3.05, 3.63) is 35.1 Å². The van der Waals surface area contributed by atoms with Crippen molar-refractivity contribution in [2.45, 2.75) is 19.0 Å². The number of imide groups is 1. The van der Waals surface area contributed by atoms with Crippen LogP contribution in [0.1, 0.15) is 22.8 Å². The number of nitrogens with zero attached hydrogens (tertiary/aromatic N) is 1. The number of amides is 3. The highest BCUT2D eigenvalue weighted by Gasteiger charge is 2.48. The SMILES string of the molecule is COC[C@]1(C)NC(=O)N(Cc2ccc(F)cc2C(=O)OC)C1=O. The summed E-state index contributed by atoms with van der Waals surface area (Å²) in [6, 6.07) is 2.89. The molecule has 1 atom stereocenters. The van der Waals surface area contributed by atoms with Crippen LogP contribution in [0.15, 0.2) is 18.2 Å². The molecule has 3 amide bonds. The van der Waals surface area contributed by atoms with Crippen molar-refractivity contribution in [2.75, 3.05) is 20.8 Å². The lowest BCUT2D eigenvalue weighted by Crippen LogP contribution is -2.47. The van der Waals surface area contributed by atoms with Gasteiger partial charge >= 0.3 is 12.0 Å². The first kappa shape index (κ1) is 16.9. The Bertz CT molecular complexity index is 663. The molecular weight excluding hydrogens is 307 g/mol. The zero-order chi connectivity index (χ0) is 17.2. The minimum Gasteiger partial charge on any atom is -0.465 e. The third-order valence-electron chi connectivity index (χ3n) is 3.58. The Morgan fingerprint density at radius 3 is 2.65 bits per heavy atom. The Kier molecular flexibility index (Phi) is 4.65. The van der Waals surface area contributed by atoms with Crippen molar-refractivity contribution in [2.24, 2.45) is 0 Å². The van der Waals surface area contributed by atoms with Crippen LogP contribution < -0.4 is 5.32 Å². The number of methoxy groups -OCH3 is 2. The Labute approximate surface area is 132 Å². The van der Waals surface area contributed by atoms with E-state index in [9.17, 15) is 18.8 Å². The molecule has 7 nitrogen and oxygen atoms in total. The van der Waals surface area contributed by atoms with Crippen LogP contribution in [-0.4, -0.2) is 49.2 Å². The van der Waals surface area contributed by atoms with Crippen molar-refractivity contribution in [3.63, 3.8) is 0 Å². The number of halogens is 1. The average Bonchev–Trinajstić information content (AvgIpc) is 2.71. The van der Waals surface area contributed by atoms with E-state index >= 15 is 0 Å². The summed E-state index contributed by atoms with van der Waals surface area (Å²) in [6.07, 6.45) is 0. The number of urea groups is 1. The zero-order valence-corrected chi connectivity index (χ0v) is 13.0. The lowest BCUT2D eigenvalue weighted by molar-refractivity contribution is -0.132. The maximum atomic E-state index is 13.4. The molecule has 8 heteroatoms. The van der Waals surface area contributed by atoms with Gasteiger partial charge in [-0.25, -0.2) is 14.0 Å². The highest BCUT2D eigenvalue weighted by Crippen LogP contribution is 2.22. The van der Waals surface area contributed by atoms with E-state index in [1.165, 1.54) is 20.3 Å². The minimum atomic E-state index is -1.17. The Morgan fingerprint density at radius 1 is 1.35 bits per heavy atom. The predicted molar refractivity (Wildman–Crippen MR) is 77.1 cm³/mol. The van der Waals surface area contributed by atoms with Gasteiger partial charge in [0.1, 0.15) is 11.4 Å². The lowest BCUT2D eigenvalue weighted by atomic mass is 10.0. The fourth-order valence-corrected chi connectivity index (χ4v) is 2.43. The van der Waals surface area contributed by atoms with Crippen molar-refractivity contribution < 1.29 is 28.2 Å². The lowest BCUT2D eigenvalue weighted by Gasteiger charge is -2.20. The summed E-state index contributed by atoms with van der Waals surface area (Å²) in [5.41, 5.74) is -0.894. The van der Waals surface area contributed by atoms with Crippen LogP contribution in [0.2, 0.25) is 0 Å². The van der Waals surface area contributed by atoms with Gasteiger partial charge in [-0.1, -0.05) is 6.07 Å². The normalized spacial score (nSPS) is 20.6. The summed E-state index contributed by atoms with van der Waals surface area (Å²) in [5.74, 6) is -1.84. The minimum absolute atomic E-state index is 0.0152. The van der Waals surface area contributed by atoms with E-state index in [1.807, 2.05) is 0 Å². The Morgan fingerprint density at radius 2 is 2.04 bits per heavy atom. The molecule has 1 aromatic carbocycles. The first-order chi connectivity index (χ1) is 10.8. The van der Waals surface area contributed by atoms with Crippen LogP contribution in [0, 0.1) is 5.82 Å². The topological polar surface area (TPSA) is 84.9 Å². The molecule has 1 fully saturated rings. The van der Waals surface area contributed by atoms with E-state index in [0.29, 0.717) is 5.56 Å². The van der Waals surface area contributed by atoms with Crippen molar-refractivity contribution in [3.8, 4) is 0 Å². The molecule has 0 radical (unpaired) electrons. The summed E-state index contributed by atoms with van der Waals surface area (Å²) in [6.45, 7) is 1.39.